The second kappa shape index (κ2) is 5.56. The molecule has 1 heteroatoms. The summed E-state index contributed by atoms with van der Waals surface area (Å²) in [6.07, 6.45) is 1.01. The Hall–Kier alpha value is -1.08. The van der Waals surface area contributed by atoms with Gasteiger partial charge in [0, 0.05) is 6.54 Å². The van der Waals surface area contributed by atoms with Gasteiger partial charge in [-0.05, 0) is 18.5 Å². The van der Waals surface area contributed by atoms with Crippen molar-refractivity contribution in [2.24, 2.45) is 0 Å². The Kier molecular flexibility index (Phi) is 3.50. The third-order valence-electron chi connectivity index (χ3n) is 1.68. The van der Waals surface area contributed by atoms with Gasteiger partial charge in [-0.3, -0.25) is 0 Å². The van der Waals surface area contributed by atoms with E-state index in [-0.39, 0.29) is 0 Å². The maximum absolute atomic E-state index is 7.10. The molecule has 0 saturated heterocycles. The van der Waals surface area contributed by atoms with Gasteiger partial charge >= 0.3 is 0 Å². The average molecular weight is 162 g/mol. The van der Waals surface area contributed by atoms with Crippen molar-refractivity contribution in [3.05, 3.63) is 48.5 Å². The van der Waals surface area contributed by atoms with Crippen LogP contribution in [0, 0.1) is 0 Å². The molecule has 0 saturated carbocycles. The quantitative estimate of drug-likeness (QED) is 0.516. The van der Waals surface area contributed by atoms with E-state index < -0.39 is 0 Å². The zero-order chi connectivity index (χ0) is 9.52. The molecule has 1 aromatic carbocycles. The molecule has 0 heterocycles. The van der Waals surface area contributed by atoms with Gasteiger partial charge in [0.15, 0.2) is 0 Å². The summed E-state index contributed by atoms with van der Waals surface area (Å²) in [6, 6.07) is 10.8. The molecule has 1 aromatic rings. The minimum absolute atomic E-state index is 0.438. The van der Waals surface area contributed by atoms with Gasteiger partial charge in [-0.1, -0.05) is 36.4 Å². The molecule has 1 rings (SSSR count). The van der Waals surface area contributed by atoms with Crippen LogP contribution in [0.2, 0.25) is 0 Å². The monoisotopic (exact) mass is 162 g/mol. The summed E-state index contributed by atoms with van der Waals surface area (Å²) >= 11 is 0. The van der Waals surface area contributed by atoms with Crippen molar-refractivity contribution in [1.29, 1.82) is 0 Å². The molecule has 0 aliphatic heterocycles. The van der Waals surface area contributed by atoms with Crippen LogP contribution in [0.15, 0.2) is 43.0 Å². The second-order valence-electron chi connectivity index (χ2n) is 2.66. The summed E-state index contributed by atoms with van der Waals surface area (Å²) in [4.78, 5) is 0. The largest absolute Gasteiger partial charge is 0.313 e. The van der Waals surface area contributed by atoms with E-state index in [0.29, 0.717) is 12.6 Å². The lowest BCUT2D eigenvalue weighted by Gasteiger charge is -2.00. The molecule has 1 N–H and O–H groups in total. The highest BCUT2D eigenvalue weighted by atomic mass is 14.8. The highest BCUT2D eigenvalue weighted by Gasteiger charge is 1.88. The van der Waals surface area contributed by atoms with E-state index in [1.165, 1.54) is 5.56 Å². The van der Waals surface area contributed by atoms with Crippen molar-refractivity contribution in [3.63, 3.8) is 0 Å². The van der Waals surface area contributed by atoms with Crippen LogP contribution in [0.1, 0.15) is 6.93 Å². The minimum atomic E-state index is 0.438. The molecule has 0 atom stereocenters. The molecule has 0 amide bonds. The molecule has 64 valence electrons. The van der Waals surface area contributed by atoms with Crippen LogP contribution in [0.25, 0.3) is 0 Å². The van der Waals surface area contributed by atoms with Gasteiger partial charge in [-0.2, -0.15) is 0 Å². The van der Waals surface area contributed by atoms with Crippen molar-refractivity contribution in [2.75, 3.05) is 13.1 Å². The van der Waals surface area contributed by atoms with E-state index in [1.54, 1.807) is 0 Å². The van der Waals surface area contributed by atoms with E-state index >= 15 is 0 Å². The highest BCUT2D eigenvalue weighted by Crippen LogP contribution is 1.97. The van der Waals surface area contributed by atoms with Crippen molar-refractivity contribution in [2.45, 2.75) is 6.42 Å². The minimum Gasteiger partial charge on any atom is -0.313 e. The maximum atomic E-state index is 7.10. The topological polar surface area (TPSA) is 12.0 Å². The second-order valence-corrected chi connectivity index (χ2v) is 2.66. The van der Waals surface area contributed by atoms with Crippen LogP contribution in [-0.4, -0.2) is 13.1 Å². The zero-order valence-corrected chi connectivity index (χ0v) is 7.22. The molecule has 12 heavy (non-hydrogen) atoms. The predicted octanol–water partition coefficient (Wildman–Crippen LogP) is 2.00. The van der Waals surface area contributed by atoms with Crippen LogP contribution in [-0.2, 0) is 6.42 Å². The molecule has 0 aliphatic carbocycles. The molecular formula is C11H15N. The van der Waals surface area contributed by atoms with Gasteiger partial charge in [-0.25, -0.2) is 0 Å². The Morgan fingerprint density at radius 2 is 2.17 bits per heavy atom. The van der Waals surface area contributed by atoms with Crippen molar-refractivity contribution in [1.82, 2.24) is 5.32 Å². The lowest BCUT2D eigenvalue weighted by Crippen LogP contribution is -2.16. The first-order valence-electron chi connectivity index (χ1n) is 4.68. The number of benzene rings is 1. The first-order valence-corrected chi connectivity index (χ1v) is 4.18. The molecule has 0 unspecified atom stereocenters. The normalized spacial score (nSPS) is 10.8. The highest BCUT2D eigenvalue weighted by molar-refractivity contribution is 5.14. The lowest BCUT2D eigenvalue weighted by molar-refractivity contribution is 0.745. The Balaban J connectivity index is 2.17. The van der Waals surface area contributed by atoms with Crippen LogP contribution >= 0.6 is 0 Å². The van der Waals surface area contributed by atoms with Crippen LogP contribution in [0.5, 0.6) is 0 Å². The first-order chi connectivity index (χ1) is 6.29. The SMILES string of the molecule is [2H]C(=C)CNCCc1ccccc1. The van der Waals surface area contributed by atoms with Crippen LogP contribution < -0.4 is 5.32 Å². The van der Waals surface area contributed by atoms with Gasteiger partial charge in [0.05, 0.1) is 1.37 Å². The number of hydrogen-bond acceptors (Lipinski definition) is 1. The third-order valence-corrected chi connectivity index (χ3v) is 1.68. The van der Waals surface area contributed by atoms with E-state index in [2.05, 4.69) is 24.0 Å². The molecule has 1 nitrogen and oxygen atoms in total. The molecule has 0 aliphatic rings. The fourth-order valence-corrected chi connectivity index (χ4v) is 1.05. The van der Waals surface area contributed by atoms with E-state index in [0.717, 1.165) is 13.0 Å². The van der Waals surface area contributed by atoms with Gasteiger partial charge in [0.2, 0.25) is 0 Å². The summed E-state index contributed by atoms with van der Waals surface area (Å²) in [6.45, 7) is 5.00. The molecule has 0 aromatic heterocycles. The average Bonchev–Trinajstić information content (AvgIpc) is 2.14. The zero-order valence-electron chi connectivity index (χ0n) is 8.22. The van der Waals surface area contributed by atoms with Gasteiger partial charge < -0.3 is 5.32 Å². The van der Waals surface area contributed by atoms with Crippen molar-refractivity contribution < 1.29 is 1.37 Å². The summed E-state index contributed by atoms with van der Waals surface area (Å²) in [5, 5.41) is 3.15. The Morgan fingerprint density at radius 1 is 1.42 bits per heavy atom. The molecule has 0 spiro atoms. The summed E-state index contributed by atoms with van der Waals surface area (Å²) < 4.78 is 7.10. The third kappa shape index (κ3) is 3.35. The summed E-state index contributed by atoms with van der Waals surface area (Å²) in [5.74, 6) is 0. The number of hydrogen-bond donors (Lipinski definition) is 1. The van der Waals surface area contributed by atoms with Crippen LogP contribution in [0.3, 0.4) is 0 Å². The van der Waals surface area contributed by atoms with E-state index in [4.69, 9.17) is 1.37 Å². The van der Waals surface area contributed by atoms with Gasteiger partial charge in [-0.15, -0.1) is 6.58 Å². The molecule has 0 radical (unpaired) electrons. The summed E-state index contributed by atoms with van der Waals surface area (Å²) in [7, 11) is 0. The summed E-state index contributed by atoms with van der Waals surface area (Å²) in [5.41, 5.74) is 1.32. The first kappa shape index (κ1) is 7.56. The lowest BCUT2D eigenvalue weighted by atomic mass is 10.1. The molecule has 0 bridgehead atoms. The van der Waals surface area contributed by atoms with E-state index in [1.807, 2.05) is 18.2 Å². The van der Waals surface area contributed by atoms with Gasteiger partial charge in [0.1, 0.15) is 0 Å². The molecular weight excluding hydrogens is 146 g/mol. The van der Waals surface area contributed by atoms with Crippen LogP contribution in [0.4, 0.5) is 0 Å². The number of rotatable bonds is 5. The van der Waals surface area contributed by atoms with Crippen molar-refractivity contribution in [3.8, 4) is 0 Å². The Bertz CT molecular complexity index is 256. The van der Waals surface area contributed by atoms with Crippen molar-refractivity contribution >= 4 is 0 Å². The standard InChI is InChI=1S/C11H15N/c1-2-9-12-10-8-11-6-4-3-5-7-11/h2-7,12H,1,8-10H2/i2D. The Labute approximate surface area is 75.5 Å². The Morgan fingerprint density at radius 3 is 2.83 bits per heavy atom. The molecule has 0 fully saturated rings. The van der Waals surface area contributed by atoms with Gasteiger partial charge in [0.25, 0.3) is 0 Å². The fraction of sp³-hybridized carbons (Fsp3) is 0.273. The smallest absolute Gasteiger partial charge is 0.0583 e. The predicted molar refractivity (Wildman–Crippen MR) is 53.2 cm³/mol. The number of nitrogens with one attached hydrogen (secondary N) is 1. The fourth-order valence-electron chi connectivity index (χ4n) is 1.05. The van der Waals surface area contributed by atoms with E-state index in [9.17, 15) is 0 Å². The maximum Gasteiger partial charge on any atom is 0.0583 e.